The zero-order valence-electron chi connectivity index (χ0n) is 52.6. The number of unbranched alkanes of at least 4 members (excludes halogenated alkanes) is 13. The molecule has 1 aromatic heterocycles. The second kappa shape index (κ2) is 37.6. The van der Waals surface area contributed by atoms with Gasteiger partial charge in [-0.1, -0.05) is 95.6 Å². The molecule has 5 aromatic rings. The maximum atomic E-state index is 14.4. The van der Waals surface area contributed by atoms with Crippen LogP contribution >= 0.6 is 0 Å². The summed E-state index contributed by atoms with van der Waals surface area (Å²) in [7, 11) is 0. The maximum absolute atomic E-state index is 14.4. The number of nitro groups is 4. The number of benzene rings is 4. The Morgan fingerprint density at radius 1 is 0.379 bits per heavy atom. The Kier molecular flexibility index (Phi) is 29.6. The first-order chi connectivity index (χ1) is 45.3. The molecule has 0 aliphatic rings. The Hall–Kier alpha value is -10.9. The number of nitrogens with zero attached hydrogens (tertiary/aromatic N) is 7. The molecule has 0 N–H and O–H groups in total. The van der Waals surface area contributed by atoms with Gasteiger partial charge in [-0.05, 0) is 75.7 Å². The molecule has 0 bridgehead atoms. The number of rotatable bonds is 40. The molecule has 0 amide bonds. The molecule has 0 radical (unpaired) electrons. The van der Waals surface area contributed by atoms with Crippen LogP contribution in [0.5, 0.6) is 23.0 Å². The highest BCUT2D eigenvalue weighted by atomic mass is 16.8. The number of aromatic nitrogens is 3. The predicted octanol–water partition coefficient (Wildman–Crippen LogP) is 12.4. The van der Waals surface area contributed by atoms with E-state index in [1.807, 2.05) is 0 Å². The molecular weight excluding hydrogens is 1260 g/mol. The third-order valence-electron chi connectivity index (χ3n) is 14.2. The lowest BCUT2D eigenvalue weighted by molar-refractivity contribution is -0.385. The van der Waals surface area contributed by atoms with E-state index in [0.717, 1.165) is 150 Å². The van der Waals surface area contributed by atoms with Gasteiger partial charge in [-0.15, -0.1) is 5.10 Å². The summed E-state index contributed by atoms with van der Waals surface area (Å²) in [6, 6.07) is 16.7. The number of aryl methyl sites for hydroxylation is 1. The monoisotopic (exact) mass is 1330 g/mol. The van der Waals surface area contributed by atoms with Gasteiger partial charge in [0.05, 0.1) is 25.9 Å². The third kappa shape index (κ3) is 26.0. The van der Waals surface area contributed by atoms with Crippen molar-refractivity contribution in [3.05, 3.63) is 149 Å². The van der Waals surface area contributed by atoms with Crippen LogP contribution in [0.2, 0.25) is 0 Å². The number of carbonyl (C=O) groups excluding carboxylic acids is 7. The molecule has 512 valence electrons. The van der Waals surface area contributed by atoms with Gasteiger partial charge in [0.1, 0.15) is 91.2 Å². The highest BCUT2D eigenvalue weighted by molar-refractivity contribution is 5.82. The van der Waals surface area contributed by atoms with E-state index in [2.05, 4.69) is 17.2 Å². The molecule has 33 heteroatoms. The molecule has 0 spiro atoms. The average molecular weight is 1330 g/mol. The molecular formula is C62H73N7O26. The SMILES string of the molecule is CCCCCCCCCCCCCCCCn1cc(COC(=O)C(C)(COC(=O)C(C)(COC(=O)Oc2ccc([N+](=O)[O-])cc2)COC(=O)Oc2ccc([N+](=O)[O-])cc2)COC(=O)C(C)(COC(=O)Oc2ccc([N+](=O)[O-])cc2)COC(=O)Oc2ccc([N+](=O)[O-])cc2)nn1. The van der Waals surface area contributed by atoms with E-state index in [4.69, 9.17) is 52.1 Å². The van der Waals surface area contributed by atoms with Gasteiger partial charge in [0.25, 0.3) is 22.7 Å². The van der Waals surface area contributed by atoms with Gasteiger partial charge < -0.3 is 52.1 Å². The van der Waals surface area contributed by atoms with Gasteiger partial charge in [0.15, 0.2) is 0 Å². The van der Waals surface area contributed by atoms with Crippen molar-refractivity contribution in [2.24, 2.45) is 16.2 Å². The molecule has 4 aromatic carbocycles. The number of hydrogen-bond donors (Lipinski definition) is 0. The number of ether oxygens (including phenoxy) is 11. The van der Waals surface area contributed by atoms with Gasteiger partial charge in [-0.3, -0.25) is 59.5 Å². The fourth-order valence-corrected chi connectivity index (χ4v) is 8.49. The van der Waals surface area contributed by atoms with Crippen LogP contribution in [0.3, 0.4) is 0 Å². The summed E-state index contributed by atoms with van der Waals surface area (Å²) >= 11 is 0. The zero-order valence-corrected chi connectivity index (χ0v) is 52.6. The van der Waals surface area contributed by atoms with Crippen molar-refractivity contribution in [2.75, 3.05) is 39.6 Å². The smallest absolute Gasteiger partial charge is 0.464 e. The van der Waals surface area contributed by atoms with Gasteiger partial charge in [-0.25, -0.2) is 19.2 Å². The minimum Gasteiger partial charge on any atom is -0.464 e. The summed E-state index contributed by atoms with van der Waals surface area (Å²) in [5, 5.41) is 53.0. The van der Waals surface area contributed by atoms with Gasteiger partial charge in [0, 0.05) is 55.1 Å². The van der Waals surface area contributed by atoms with Crippen LogP contribution in [-0.4, -0.2) is 117 Å². The Balaban J connectivity index is 1.35. The van der Waals surface area contributed by atoms with E-state index in [0.29, 0.717) is 6.54 Å². The van der Waals surface area contributed by atoms with Crippen LogP contribution in [0.15, 0.2) is 103 Å². The van der Waals surface area contributed by atoms with Crippen molar-refractivity contribution in [1.82, 2.24) is 15.0 Å². The lowest BCUT2D eigenvalue weighted by Crippen LogP contribution is -2.47. The van der Waals surface area contributed by atoms with Crippen LogP contribution in [-0.2, 0) is 60.7 Å². The fraction of sp³-hybridized carbons (Fsp3) is 0.468. The number of carbonyl (C=O) groups is 7. The summed E-state index contributed by atoms with van der Waals surface area (Å²) in [6.07, 6.45) is 12.0. The van der Waals surface area contributed by atoms with Crippen LogP contribution in [0.25, 0.3) is 0 Å². The molecule has 0 aliphatic heterocycles. The molecule has 33 nitrogen and oxygen atoms in total. The van der Waals surface area contributed by atoms with Crippen molar-refractivity contribution in [1.29, 1.82) is 0 Å². The van der Waals surface area contributed by atoms with Crippen molar-refractivity contribution in [3.63, 3.8) is 0 Å². The fourth-order valence-electron chi connectivity index (χ4n) is 8.49. The molecule has 0 saturated carbocycles. The normalized spacial score (nSPS) is 11.2. The van der Waals surface area contributed by atoms with E-state index in [1.54, 1.807) is 10.9 Å². The summed E-state index contributed by atoms with van der Waals surface area (Å²) in [6.45, 7) is -0.760. The highest BCUT2D eigenvalue weighted by Gasteiger charge is 2.46. The van der Waals surface area contributed by atoms with E-state index >= 15 is 0 Å². The van der Waals surface area contributed by atoms with Crippen LogP contribution in [0, 0.1) is 56.7 Å². The molecule has 0 saturated heterocycles. The minimum absolute atomic E-state index is 0.172. The van der Waals surface area contributed by atoms with E-state index in [9.17, 15) is 74.0 Å². The lowest BCUT2D eigenvalue weighted by atomic mass is 9.90. The quantitative estimate of drug-likeness (QED) is 0.00877. The summed E-state index contributed by atoms with van der Waals surface area (Å²) < 4.78 is 59.8. The highest BCUT2D eigenvalue weighted by Crippen LogP contribution is 2.30. The predicted molar refractivity (Wildman–Crippen MR) is 327 cm³/mol. The maximum Gasteiger partial charge on any atom is 0.513 e. The zero-order chi connectivity index (χ0) is 69.4. The standard InChI is InChI=1S/C62H73N7O26/c1-5-6-7-8-9-10-11-12-13-14-15-16-17-18-35-65-36-44(63-64-65)37-85-53(70)60(2,38-86-54(71)61(3,40-88-56(73)92-49-27-19-45(20-28-49)66(77)78)41-89-57(74)93-50-29-21-46(22-30-50)67(79)80)39-87-55(72)62(4,42-90-58(75)94-51-31-23-47(24-32-51)68(81)82)43-91-59(76)95-52-33-25-48(26-34-52)69(83)84/h19-34,36H,5-18,35,37-43H2,1-4H3. The first kappa shape index (κ1) is 74.8. The van der Waals surface area contributed by atoms with Gasteiger partial charge in [-0.2, -0.15) is 0 Å². The van der Waals surface area contributed by atoms with E-state index in [-0.39, 0.29) is 51.4 Å². The number of non-ortho nitro benzene ring substituents is 4. The second-order valence-corrected chi connectivity index (χ2v) is 22.5. The number of hydrogen-bond acceptors (Lipinski definition) is 28. The van der Waals surface area contributed by atoms with Crippen molar-refractivity contribution >= 4 is 65.3 Å². The molecule has 95 heavy (non-hydrogen) atoms. The number of nitro benzene ring substituents is 4. The van der Waals surface area contributed by atoms with Crippen molar-refractivity contribution in [2.45, 2.75) is 131 Å². The first-order valence-electron chi connectivity index (χ1n) is 30.1. The van der Waals surface area contributed by atoms with E-state index in [1.165, 1.54) is 57.8 Å². The Morgan fingerprint density at radius 3 is 0.905 bits per heavy atom. The average Bonchev–Trinajstić information content (AvgIpc) is 1.06. The Morgan fingerprint density at radius 2 is 0.632 bits per heavy atom. The van der Waals surface area contributed by atoms with E-state index < -0.39 is 125 Å². The summed E-state index contributed by atoms with van der Waals surface area (Å²) in [5.41, 5.74) is -7.98. The molecule has 5 rings (SSSR count). The van der Waals surface area contributed by atoms with Crippen LogP contribution in [0.1, 0.15) is 123 Å². The molecule has 0 aliphatic carbocycles. The van der Waals surface area contributed by atoms with Crippen LogP contribution in [0.4, 0.5) is 41.9 Å². The molecule has 0 unspecified atom stereocenters. The summed E-state index contributed by atoms with van der Waals surface area (Å²) in [5.74, 6) is -4.88. The Labute approximate surface area is 543 Å². The largest absolute Gasteiger partial charge is 0.513 e. The second-order valence-electron chi connectivity index (χ2n) is 22.5. The third-order valence-corrected chi connectivity index (χ3v) is 14.2. The van der Waals surface area contributed by atoms with Gasteiger partial charge >= 0.3 is 42.5 Å². The Bertz CT molecular complexity index is 3070. The van der Waals surface area contributed by atoms with Gasteiger partial charge in [0.2, 0.25) is 0 Å². The summed E-state index contributed by atoms with van der Waals surface area (Å²) in [4.78, 5) is 137. The molecule has 0 atom stereocenters. The molecule has 1 heterocycles. The first-order valence-corrected chi connectivity index (χ1v) is 30.1. The van der Waals surface area contributed by atoms with Crippen molar-refractivity contribution < 1.29 is 105 Å². The van der Waals surface area contributed by atoms with Crippen molar-refractivity contribution in [3.8, 4) is 23.0 Å². The topological polar surface area (TPSA) is 424 Å². The number of esters is 3. The lowest BCUT2D eigenvalue weighted by Gasteiger charge is -2.31. The molecule has 0 fully saturated rings. The van der Waals surface area contributed by atoms with Crippen LogP contribution < -0.4 is 18.9 Å². The minimum atomic E-state index is -2.26.